The van der Waals surface area contributed by atoms with Crippen LogP contribution in [0.2, 0.25) is 0 Å². The molecule has 1 heterocycles. The summed E-state index contributed by atoms with van der Waals surface area (Å²) in [5.41, 5.74) is 1.84. The zero-order chi connectivity index (χ0) is 11.9. The topological polar surface area (TPSA) is 67.2 Å². The summed E-state index contributed by atoms with van der Waals surface area (Å²) < 4.78 is 1.70. The third-order valence-corrected chi connectivity index (χ3v) is 3.27. The highest BCUT2D eigenvalue weighted by molar-refractivity contribution is 5.97. The lowest BCUT2D eigenvalue weighted by molar-refractivity contribution is 0.0905. The van der Waals surface area contributed by atoms with Crippen LogP contribution in [0.5, 0.6) is 0 Å². The lowest BCUT2D eigenvalue weighted by atomic mass is 10.1. The number of amides is 1. The van der Waals surface area contributed by atoms with Gasteiger partial charge in [0.05, 0.1) is 23.4 Å². The van der Waals surface area contributed by atoms with Crippen molar-refractivity contribution in [1.82, 2.24) is 15.1 Å². The minimum Gasteiger partial charge on any atom is -0.394 e. The second-order valence-corrected chi connectivity index (χ2v) is 4.56. The van der Waals surface area contributed by atoms with Gasteiger partial charge < -0.3 is 10.4 Å². The zero-order valence-electron chi connectivity index (χ0n) is 9.87. The molecule has 1 aromatic heterocycles. The van der Waals surface area contributed by atoms with Crippen molar-refractivity contribution in [3.63, 3.8) is 0 Å². The standard InChI is InChI=1S/C11H17N3O2/c1-7-9(8(2)14(3)13-7)10(16)12-11(6-15)4-5-11/h15H,4-6H2,1-3H3,(H,12,16). The molecule has 88 valence electrons. The van der Waals surface area contributed by atoms with Crippen LogP contribution in [0.15, 0.2) is 0 Å². The van der Waals surface area contributed by atoms with E-state index in [2.05, 4.69) is 10.4 Å². The number of rotatable bonds is 3. The first-order valence-corrected chi connectivity index (χ1v) is 5.43. The van der Waals surface area contributed by atoms with Crippen molar-refractivity contribution in [2.75, 3.05) is 6.61 Å². The van der Waals surface area contributed by atoms with Gasteiger partial charge in [0, 0.05) is 12.7 Å². The second-order valence-electron chi connectivity index (χ2n) is 4.56. The Morgan fingerprint density at radius 2 is 2.19 bits per heavy atom. The number of carbonyl (C=O) groups excluding carboxylic acids is 1. The Morgan fingerprint density at radius 1 is 1.56 bits per heavy atom. The maximum atomic E-state index is 12.0. The molecule has 0 spiro atoms. The number of aryl methyl sites for hydroxylation is 2. The number of aliphatic hydroxyl groups excluding tert-OH is 1. The van der Waals surface area contributed by atoms with E-state index < -0.39 is 0 Å². The van der Waals surface area contributed by atoms with Gasteiger partial charge in [0.15, 0.2) is 0 Å². The summed E-state index contributed by atoms with van der Waals surface area (Å²) in [6.07, 6.45) is 1.71. The Kier molecular flexibility index (Phi) is 2.50. The lowest BCUT2D eigenvalue weighted by Gasteiger charge is -2.14. The van der Waals surface area contributed by atoms with Crippen molar-refractivity contribution in [2.24, 2.45) is 7.05 Å². The van der Waals surface area contributed by atoms with Crippen molar-refractivity contribution < 1.29 is 9.90 Å². The maximum Gasteiger partial charge on any atom is 0.255 e. The fourth-order valence-corrected chi connectivity index (χ4v) is 1.88. The van der Waals surface area contributed by atoms with Crippen LogP contribution in [0.25, 0.3) is 0 Å². The Labute approximate surface area is 94.5 Å². The van der Waals surface area contributed by atoms with E-state index in [0.717, 1.165) is 24.2 Å². The summed E-state index contributed by atoms with van der Waals surface area (Å²) in [4.78, 5) is 12.0. The van der Waals surface area contributed by atoms with E-state index in [4.69, 9.17) is 5.11 Å². The van der Waals surface area contributed by atoms with Crippen LogP contribution in [0, 0.1) is 13.8 Å². The fraction of sp³-hybridized carbons (Fsp3) is 0.636. The van der Waals surface area contributed by atoms with Crippen LogP contribution in [-0.4, -0.2) is 32.9 Å². The summed E-state index contributed by atoms with van der Waals surface area (Å²) in [5, 5.41) is 16.2. The van der Waals surface area contributed by atoms with Crippen LogP contribution in [0.1, 0.15) is 34.6 Å². The molecule has 0 atom stereocenters. The Bertz CT molecular complexity index is 433. The molecule has 1 amide bonds. The van der Waals surface area contributed by atoms with Gasteiger partial charge in [0.25, 0.3) is 5.91 Å². The minimum atomic E-state index is -0.369. The van der Waals surface area contributed by atoms with Crippen molar-refractivity contribution in [2.45, 2.75) is 32.2 Å². The van der Waals surface area contributed by atoms with Gasteiger partial charge in [-0.25, -0.2) is 0 Å². The van der Waals surface area contributed by atoms with Crippen molar-refractivity contribution >= 4 is 5.91 Å². The van der Waals surface area contributed by atoms with E-state index in [9.17, 15) is 4.79 Å². The summed E-state index contributed by atoms with van der Waals surface area (Å²) in [6.45, 7) is 3.70. The molecule has 1 fully saturated rings. The molecular weight excluding hydrogens is 206 g/mol. The highest BCUT2D eigenvalue weighted by Gasteiger charge is 2.44. The third-order valence-electron chi connectivity index (χ3n) is 3.27. The molecule has 0 bridgehead atoms. The van der Waals surface area contributed by atoms with Crippen molar-refractivity contribution in [3.8, 4) is 0 Å². The van der Waals surface area contributed by atoms with Gasteiger partial charge in [0.2, 0.25) is 0 Å². The quantitative estimate of drug-likeness (QED) is 0.774. The minimum absolute atomic E-state index is 0.0110. The molecule has 1 saturated carbocycles. The maximum absolute atomic E-state index is 12.0. The number of aliphatic hydroxyl groups is 1. The van der Waals surface area contributed by atoms with Gasteiger partial charge in [-0.1, -0.05) is 0 Å². The van der Waals surface area contributed by atoms with Crippen LogP contribution in [0.4, 0.5) is 0 Å². The van der Waals surface area contributed by atoms with E-state index >= 15 is 0 Å². The number of hydrogen-bond acceptors (Lipinski definition) is 3. The molecule has 1 aliphatic carbocycles. The summed E-state index contributed by atoms with van der Waals surface area (Å²) in [5.74, 6) is -0.130. The lowest BCUT2D eigenvalue weighted by Crippen LogP contribution is -2.40. The predicted molar refractivity (Wildman–Crippen MR) is 59.2 cm³/mol. The molecule has 0 radical (unpaired) electrons. The van der Waals surface area contributed by atoms with Crippen LogP contribution in [0.3, 0.4) is 0 Å². The number of carbonyl (C=O) groups is 1. The summed E-state index contributed by atoms with van der Waals surface area (Å²) in [7, 11) is 1.82. The molecule has 1 aliphatic rings. The average Bonchev–Trinajstić information content (AvgIpc) is 2.92. The number of nitrogens with zero attached hydrogens (tertiary/aromatic N) is 2. The average molecular weight is 223 g/mol. The van der Waals surface area contributed by atoms with Crippen molar-refractivity contribution in [1.29, 1.82) is 0 Å². The fourth-order valence-electron chi connectivity index (χ4n) is 1.88. The smallest absolute Gasteiger partial charge is 0.255 e. The number of nitrogens with one attached hydrogen (secondary N) is 1. The monoisotopic (exact) mass is 223 g/mol. The third kappa shape index (κ3) is 1.71. The molecule has 5 heteroatoms. The first-order chi connectivity index (χ1) is 7.49. The van der Waals surface area contributed by atoms with Gasteiger partial charge in [0.1, 0.15) is 0 Å². The highest BCUT2D eigenvalue weighted by Crippen LogP contribution is 2.35. The Balaban J connectivity index is 2.21. The molecule has 0 aliphatic heterocycles. The normalized spacial score (nSPS) is 17.2. The summed E-state index contributed by atoms with van der Waals surface area (Å²) in [6, 6.07) is 0. The van der Waals surface area contributed by atoms with Crippen LogP contribution in [-0.2, 0) is 7.05 Å². The van der Waals surface area contributed by atoms with Gasteiger partial charge in [-0.05, 0) is 26.7 Å². The van der Waals surface area contributed by atoms with Gasteiger partial charge >= 0.3 is 0 Å². The molecule has 1 aromatic rings. The van der Waals surface area contributed by atoms with Gasteiger partial charge in [-0.3, -0.25) is 9.48 Å². The molecule has 0 saturated heterocycles. The number of aromatic nitrogens is 2. The van der Waals surface area contributed by atoms with E-state index in [1.54, 1.807) is 4.68 Å². The number of hydrogen-bond donors (Lipinski definition) is 2. The van der Waals surface area contributed by atoms with Gasteiger partial charge in [-0.2, -0.15) is 5.10 Å². The second kappa shape index (κ2) is 3.59. The van der Waals surface area contributed by atoms with E-state index in [1.807, 2.05) is 20.9 Å². The summed E-state index contributed by atoms with van der Waals surface area (Å²) >= 11 is 0. The van der Waals surface area contributed by atoms with E-state index in [-0.39, 0.29) is 18.1 Å². The van der Waals surface area contributed by atoms with Crippen LogP contribution < -0.4 is 5.32 Å². The largest absolute Gasteiger partial charge is 0.394 e. The molecule has 2 rings (SSSR count). The highest BCUT2D eigenvalue weighted by atomic mass is 16.3. The molecule has 5 nitrogen and oxygen atoms in total. The Hall–Kier alpha value is -1.36. The van der Waals surface area contributed by atoms with E-state index in [0.29, 0.717) is 5.56 Å². The van der Waals surface area contributed by atoms with Crippen LogP contribution >= 0.6 is 0 Å². The first-order valence-electron chi connectivity index (χ1n) is 5.43. The zero-order valence-corrected chi connectivity index (χ0v) is 9.87. The molecule has 2 N–H and O–H groups in total. The van der Waals surface area contributed by atoms with E-state index in [1.165, 1.54) is 0 Å². The van der Waals surface area contributed by atoms with Gasteiger partial charge in [-0.15, -0.1) is 0 Å². The molecule has 16 heavy (non-hydrogen) atoms. The van der Waals surface area contributed by atoms with Crippen molar-refractivity contribution in [3.05, 3.63) is 17.0 Å². The molecular formula is C11H17N3O2. The predicted octanol–water partition coefficient (Wildman–Crippen LogP) is 0.292. The molecule has 0 unspecified atom stereocenters. The molecule has 0 aromatic carbocycles. The first kappa shape index (κ1) is 11.1. The Morgan fingerprint density at radius 3 is 2.56 bits per heavy atom. The SMILES string of the molecule is Cc1nn(C)c(C)c1C(=O)NC1(CO)CC1.